The van der Waals surface area contributed by atoms with Crippen LogP contribution in [0.25, 0.3) is 0 Å². The first-order valence-electron chi connectivity index (χ1n) is 7.41. The molecule has 0 radical (unpaired) electrons. The fraction of sp³-hybridized carbons (Fsp3) is 0.333. The molecular weight excluding hydrogens is 279 g/mol. The molecule has 0 aliphatic heterocycles. The predicted molar refractivity (Wildman–Crippen MR) is 91.7 cm³/mol. The van der Waals surface area contributed by atoms with Crippen molar-refractivity contribution in [2.75, 3.05) is 6.16 Å². The highest BCUT2D eigenvalue weighted by Crippen LogP contribution is 2.41. The molecule has 0 aromatic heterocycles. The molecule has 2 aromatic carbocycles. The van der Waals surface area contributed by atoms with Crippen molar-refractivity contribution in [1.82, 2.24) is 0 Å². The van der Waals surface area contributed by atoms with Gasteiger partial charge in [0.2, 0.25) is 0 Å². The van der Waals surface area contributed by atoms with E-state index in [1.807, 2.05) is 50.2 Å². The lowest BCUT2D eigenvalue weighted by Gasteiger charge is -2.22. The Morgan fingerprint density at radius 2 is 1.33 bits per heavy atom. The van der Waals surface area contributed by atoms with Crippen LogP contribution in [0, 0.1) is 13.8 Å². The van der Waals surface area contributed by atoms with Crippen LogP contribution in [-0.4, -0.2) is 16.4 Å². The smallest absolute Gasteiger partial charge is 0.126 e. The third kappa shape index (κ3) is 3.39. The molecule has 0 bridgehead atoms. The first-order chi connectivity index (χ1) is 10.1. The first-order valence-corrected chi connectivity index (χ1v) is 8.93. The Bertz CT molecular complexity index is 571. The van der Waals surface area contributed by atoms with Crippen molar-refractivity contribution in [2.45, 2.75) is 33.6 Å². The molecule has 0 spiro atoms. The van der Waals surface area contributed by atoms with E-state index in [0.717, 1.165) is 40.7 Å². The lowest BCUT2D eigenvalue weighted by atomic mass is 10.2. The van der Waals surface area contributed by atoms with Crippen LogP contribution in [0.4, 0.5) is 0 Å². The highest BCUT2D eigenvalue weighted by Gasteiger charge is 2.21. The van der Waals surface area contributed by atoms with Crippen molar-refractivity contribution in [3.8, 4) is 11.5 Å². The number of phenolic OH excluding ortho intramolecular Hbond substituents is 2. The molecule has 0 saturated heterocycles. The van der Waals surface area contributed by atoms with Gasteiger partial charge in [-0.15, -0.1) is 0 Å². The van der Waals surface area contributed by atoms with Crippen molar-refractivity contribution < 1.29 is 10.2 Å². The first kappa shape index (κ1) is 15.9. The number of phenols is 2. The second-order valence-corrected chi connectivity index (χ2v) is 7.66. The normalized spacial score (nSPS) is 11.0. The van der Waals surface area contributed by atoms with Gasteiger partial charge in [-0.3, -0.25) is 0 Å². The van der Waals surface area contributed by atoms with Crippen LogP contribution in [0.2, 0.25) is 0 Å². The number of para-hydroxylation sites is 2. The third-order valence-corrected chi connectivity index (χ3v) is 6.40. The predicted octanol–water partition coefficient (Wildman–Crippen LogP) is 3.95. The van der Waals surface area contributed by atoms with Gasteiger partial charge in [0.25, 0.3) is 0 Å². The van der Waals surface area contributed by atoms with Crippen molar-refractivity contribution in [2.24, 2.45) is 0 Å². The summed E-state index contributed by atoms with van der Waals surface area (Å²) in [6, 6.07) is 11.8. The summed E-state index contributed by atoms with van der Waals surface area (Å²) in [4.78, 5) is 0. The molecule has 2 aromatic rings. The fourth-order valence-corrected chi connectivity index (χ4v) is 5.18. The Morgan fingerprint density at radius 3 is 1.76 bits per heavy atom. The average Bonchev–Trinajstić information content (AvgIpc) is 2.47. The lowest BCUT2D eigenvalue weighted by Crippen LogP contribution is -2.16. The zero-order valence-corrected chi connectivity index (χ0v) is 13.8. The van der Waals surface area contributed by atoms with E-state index in [4.69, 9.17) is 0 Å². The summed E-state index contributed by atoms with van der Waals surface area (Å²) >= 11 is 0. The zero-order chi connectivity index (χ0) is 15.4. The maximum atomic E-state index is 10.4. The van der Waals surface area contributed by atoms with Gasteiger partial charge in [-0.05, 0) is 45.5 Å². The molecule has 0 heterocycles. The van der Waals surface area contributed by atoms with Crippen molar-refractivity contribution in [3.63, 3.8) is 0 Å². The molecule has 0 aliphatic carbocycles. The number of benzene rings is 2. The van der Waals surface area contributed by atoms with Gasteiger partial charge in [-0.2, -0.15) is 0 Å². The summed E-state index contributed by atoms with van der Waals surface area (Å²) in [6.07, 6.45) is 3.18. The Labute approximate surface area is 128 Å². The largest absolute Gasteiger partial charge is 0.507 e. The molecule has 0 fully saturated rings. The molecule has 3 heteroatoms. The monoisotopic (exact) mass is 302 g/mol. The van der Waals surface area contributed by atoms with Gasteiger partial charge < -0.3 is 10.2 Å². The Kier molecular flexibility index (Phi) is 5.25. The highest BCUT2D eigenvalue weighted by atomic mass is 31.1. The minimum absolute atomic E-state index is 0.376. The number of hydrogen-bond donors (Lipinski definition) is 2. The number of hydrogen-bond acceptors (Lipinski definition) is 2. The summed E-state index contributed by atoms with van der Waals surface area (Å²) in [5, 5.41) is 22.8. The molecule has 0 atom stereocenters. The van der Waals surface area contributed by atoms with Crippen LogP contribution in [0.3, 0.4) is 0 Å². The van der Waals surface area contributed by atoms with Crippen molar-refractivity contribution >= 4 is 18.5 Å². The summed E-state index contributed by atoms with van der Waals surface area (Å²) in [5.74, 6) is 0.751. The van der Waals surface area contributed by atoms with Crippen molar-refractivity contribution in [1.29, 1.82) is 0 Å². The van der Waals surface area contributed by atoms with E-state index in [1.54, 1.807) is 0 Å². The maximum Gasteiger partial charge on any atom is 0.126 e. The minimum Gasteiger partial charge on any atom is -0.507 e. The van der Waals surface area contributed by atoms with Crippen LogP contribution >= 0.6 is 7.92 Å². The Hall–Kier alpha value is -1.53. The van der Waals surface area contributed by atoms with Gasteiger partial charge >= 0.3 is 0 Å². The third-order valence-electron chi connectivity index (χ3n) is 3.75. The van der Waals surface area contributed by atoms with Gasteiger partial charge in [-0.1, -0.05) is 49.7 Å². The van der Waals surface area contributed by atoms with Crippen LogP contribution in [0.15, 0.2) is 36.4 Å². The Balaban J connectivity index is 2.52. The summed E-state index contributed by atoms with van der Waals surface area (Å²) in [7, 11) is -0.731. The van der Waals surface area contributed by atoms with Crippen LogP contribution in [0.1, 0.15) is 30.9 Å². The standard InChI is InChI=1S/C18H23O2P/c1-4-5-12-21(15-10-6-8-13(2)17(15)19)16-11-7-9-14(3)18(16)20/h6-11,19-20H,4-5,12H2,1-3H3. The number of unbranched alkanes of at least 4 members (excludes halogenated alkanes) is 1. The highest BCUT2D eigenvalue weighted by molar-refractivity contribution is 7.73. The molecule has 0 saturated carbocycles. The maximum absolute atomic E-state index is 10.4. The van der Waals surface area contributed by atoms with Gasteiger partial charge in [-0.25, -0.2) is 0 Å². The number of rotatable bonds is 5. The van der Waals surface area contributed by atoms with Crippen molar-refractivity contribution in [3.05, 3.63) is 47.5 Å². The van der Waals surface area contributed by atoms with Crippen LogP contribution < -0.4 is 10.6 Å². The molecule has 0 amide bonds. The van der Waals surface area contributed by atoms with Gasteiger partial charge in [0.1, 0.15) is 11.5 Å². The van der Waals surface area contributed by atoms with Crippen LogP contribution in [-0.2, 0) is 0 Å². The van der Waals surface area contributed by atoms with Crippen LogP contribution in [0.5, 0.6) is 11.5 Å². The van der Waals surface area contributed by atoms with Gasteiger partial charge in [0, 0.05) is 10.6 Å². The molecule has 0 aliphatic rings. The quantitative estimate of drug-likeness (QED) is 0.821. The van der Waals surface area contributed by atoms with E-state index in [1.165, 1.54) is 0 Å². The molecule has 0 unspecified atom stereocenters. The topological polar surface area (TPSA) is 40.5 Å². The second kappa shape index (κ2) is 6.95. The van der Waals surface area contributed by atoms with Gasteiger partial charge in [0.15, 0.2) is 0 Å². The number of aromatic hydroxyl groups is 2. The lowest BCUT2D eigenvalue weighted by molar-refractivity contribution is 0.475. The van der Waals surface area contributed by atoms with E-state index in [-0.39, 0.29) is 0 Å². The van der Waals surface area contributed by atoms with E-state index < -0.39 is 7.92 Å². The molecule has 2 rings (SSSR count). The second-order valence-electron chi connectivity index (χ2n) is 5.39. The molecule has 112 valence electrons. The summed E-state index contributed by atoms with van der Waals surface area (Å²) in [6.45, 7) is 6.00. The average molecular weight is 302 g/mol. The van der Waals surface area contributed by atoms with E-state index >= 15 is 0 Å². The molecular formula is C18H23O2P. The van der Waals surface area contributed by atoms with E-state index in [2.05, 4.69) is 6.92 Å². The molecule has 21 heavy (non-hydrogen) atoms. The Morgan fingerprint density at radius 1 is 0.857 bits per heavy atom. The van der Waals surface area contributed by atoms with E-state index in [9.17, 15) is 10.2 Å². The SMILES string of the molecule is CCCCP(c1cccc(C)c1O)c1cccc(C)c1O. The summed E-state index contributed by atoms with van der Waals surface area (Å²) < 4.78 is 0. The van der Waals surface area contributed by atoms with E-state index in [0.29, 0.717) is 11.5 Å². The molecule has 2 nitrogen and oxygen atoms in total. The molecule has 2 N–H and O–H groups in total. The minimum atomic E-state index is -0.731. The zero-order valence-electron chi connectivity index (χ0n) is 12.9. The summed E-state index contributed by atoms with van der Waals surface area (Å²) in [5.41, 5.74) is 1.78. The fourth-order valence-electron chi connectivity index (χ4n) is 2.41. The van der Waals surface area contributed by atoms with Gasteiger partial charge in [0.05, 0.1) is 0 Å². The number of aryl methyl sites for hydroxylation is 2.